The van der Waals surface area contributed by atoms with Crippen molar-refractivity contribution in [2.75, 3.05) is 23.7 Å². The third-order valence-electron chi connectivity index (χ3n) is 3.63. The number of amides is 1. The lowest BCUT2D eigenvalue weighted by atomic mass is 10.2. The molecule has 3 N–H and O–H groups in total. The Morgan fingerprint density at radius 3 is 2.43 bits per heavy atom. The summed E-state index contributed by atoms with van der Waals surface area (Å²) >= 11 is 0. The van der Waals surface area contributed by atoms with E-state index in [0.717, 1.165) is 12.1 Å². The van der Waals surface area contributed by atoms with Gasteiger partial charge in [-0.15, -0.1) is 23.4 Å². The summed E-state index contributed by atoms with van der Waals surface area (Å²) in [7, 11) is 0. The number of benzene rings is 1. The highest BCUT2D eigenvalue weighted by Gasteiger charge is 2.31. The molecule has 0 atom stereocenters. The second kappa shape index (κ2) is 9.54. The monoisotopic (exact) mass is 418 g/mol. The van der Waals surface area contributed by atoms with Gasteiger partial charge in [-0.25, -0.2) is 4.98 Å². The van der Waals surface area contributed by atoms with Crippen LogP contribution in [0.15, 0.2) is 60.8 Å². The van der Waals surface area contributed by atoms with Crippen molar-refractivity contribution in [1.29, 1.82) is 0 Å². The van der Waals surface area contributed by atoms with Crippen molar-refractivity contribution < 1.29 is 22.7 Å². The van der Waals surface area contributed by atoms with E-state index in [1.807, 2.05) is 6.07 Å². The van der Waals surface area contributed by atoms with Gasteiger partial charge in [-0.05, 0) is 42.5 Å². The lowest BCUT2D eigenvalue weighted by Gasteiger charge is -2.11. The predicted octanol–water partition coefficient (Wildman–Crippen LogP) is 3.36. The van der Waals surface area contributed by atoms with Gasteiger partial charge in [0.1, 0.15) is 17.4 Å². The summed E-state index contributed by atoms with van der Waals surface area (Å²) in [6, 6.07) is 13.7. The molecule has 0 aliphatic heterocycles. The number of pyridine rings is 1. The second-order valence-electron chi connectivity index (χ2n) is 5.90. The van der Waals surface area contributed by atoms with Crippen LogP contribution >= 0.6 is 0 Å². The minimum Gasteiger partial charge on any atom is -0.406 e. The van der Waals surface area contributed by atoms with E-state index in [4.69, 9.17) is 0 Å². The zero-order valence-corrected chi connectivity index (χ0v) is 15.5. The van der Waals surface area contributed by atoms with Crippen LogP contribution in [0.25, 0.3) is 0 Å². The Labute approximate surface area is 169 Å². The Morgan fingerprint density at radius 2 is 1.73 bits per heavy atom. The Morgan fingerprint density at radius 1 is 0.933 bits per heavy atom. The minimum atomic E-state index is -4.82. The smallest absolute Gasteiger partial charge is 0.406 e. The minimum absolute atomic E-state index is 0.0569. The molecule has 0 radical (unpaired) electrons. The third kappa shape index (κ3) is 6.62. The van der Waals surface area contributed by atoms with Gasteiger partial charge in [0.15, 0.2) is 5.82 Å². The van der Waals surface area contributed by atoms with Crippen LogP contribution in [-0.2, 0) is 0 Å². The maximum absolute atomic E-state index is 12.3. The number of carbonyl (C=O) groups excluding carboxylic acids is 1. The molecule has 0 aliphatic rings. The number of rotatable bonds is 8. The van der Waals surface area contributed by atoms with Crippen molar-refractivity contribution in [3.8, 4) is 5.75 Å². The highest BCUT2D eigenvalue weighted by Crippen LogP contribution is 2.23. The van der Waals surface area contributed by atoms with Crippen molar-refractivity contribution in [1.82, 2.24) is 20.5 Å². The first-order valence-electron chi connectivity index (χ1n) is 8.79. The van der Waals surface area contributed by atoms with Gasteiger partial charge in [-0.2, -0.15) is 0 Å². The number of alkyl halides is 3. The highest BCUT2D eigenvalue weighted by molar-refractivity contribution is 5.94. The fourth-order valence-electron chi connectivity index (χ4n) is 2.36. The van der Waals surface area contributed by atoms with E-state index in [9.17, 15) is 18.0 Å². The van der Waals surface area contributed by atoms with E-state index in [2.05, 4.69) is 35.9 Å². The number of carbonyl (C=O) groups is 1. The number of nitrogens with zero attached hydrogens (tertiary/aromatic N) is 3. The average molecular weight is 418 g/mol. The zero-order valence-electron chi connectivity index (χ0n) is 15.5. The van der Waals surface area contributed by atoms with Crippen LogP contribution in [-0.4, -0.2) is 40.5 Å². The molecule has 0 spiro atoms. The standard InChI is InChI=1S/C19H17F3N6O2/c20-19(21,22)30-14-5-3-4-13(12-14)18(29)25-11-10-24-16-7-8-17(28-27-16)26-15-6-1-2-9-23-15/h1-9,12H,10-11H2,(H,24,27)(H,25,29)(H,23,26,28). The van der Waals surface area contributed by atoms with E-state index >= 15 is 0 Å². The molecule has 1 amide bonds. The SMILES string of the molecule is O=C(NCCNc1ccc(Nc2ccccn2)nn1)c1cccc(OC(F)(F)F)c1. The first-order valence-corrected chi connectivity index (χ1v) is 8.79. The first-order chi connectivity index (χ1) is 14.4. The second-order valence-corrected chi connectivity index (χ2v) is 5.90. The quantitative estimate of drug-likeness (QED) is 0.482. The summed E-state index contributed by atoms with van der Waals surface area (Å²) in [5.41, 5.74) is 0.0569. The van der Waals surface area contributed by atoms with Crippen molar-refractivity contribution in [3.05, 3.63) is 66.4 Å². The van der Waals surface area contributed by atoms with Gasteiger partial charge in [-0.1, -0.05) is 12.1 Å². The number of aromatic nitrogens is 3. The molecule has 0 aliphatic carbocycles. The lowest BCUT2D eigenvalue weighted by Crippen LogP contribution is -2.29. The summed E-state index contributed by atoms with van der Waals surface area (Å²) in [6.45, 7) is 0.560. The Hall–Kier alpha value is -3.89. The molecule has 3 rings (SSSR count). The number of hydrogen-bond donors (Lipinski definition) is 3. The largest absolute Gasteiger partial charge is 0.573 e. The zero-order chi connectivity index (χ0) is 21.4. The predicted molar refractivity (Wildman–Crippen MR) is 103 cm³/mol. The number of ether oxygens (including phenoxy) is 1. The molecule has 0 saturated heterocycles. The molecule has 11 heteroatoms. The molecule has 3 aromatic rings. The summed E-state index contributed by atoms with van der Waals surface area (Å²) < 4.78 is 40.6. The number of nitrogens with one attached hydrogen (secondary N) is 3. The lowest BCUT2D eigenvalue weighted by molar-refractivity contribution is -0.274. The van der Waals surface area contributed by atoms with Crippen LogP contribution in [0, 0.1) is 0 Å². The summed E-state index contributed by atoms with van der Waals surface area (Å²) in [5, 5.41) is 16.6. The van der Waals surface area contributed by atoms with Crippen molar-refractivity contribution >= 4 is 23.4 Å². The first kappa shape index (κ1) is 20.8. The molecule has 2 aromatic heterocycles. The Kier molecular flexibility index (Phi) is 6.63. The van der Waals surface area contributed by atoms with Gasteiger partial charge < -0.3 is 20.7 Å². The van der Waals surface area contributed by atoms with Crippen LogP contribution in [0.5, 0.6) is 5.75 Å². The molecule has 0 bridgehead atoms. The van der Waals surface area contributed by atoms with E-state index in [-0.39, 0.29) is 12.1 Å². The van der Waals surface area contributed by atoms with Gasteiger partial charge in [0.25, 0.3) is 5.91 Å². The maximum Gasteiger partial charge on any atom is 0.573 e. The summed E-state index contributed by atoms with van der Waals surface area (Å²) in [6.07, 6.45) is -3.16. The molecule has 1 aromatic carbocycles. The fourth-order valence-corrected chi connectivity index (χ4v) is 2.36. The van der Waals surface area contributed by atoms with Crippen molar-refractivity contribution in [2.45, 2.75) is 6.36 Å². The van der Waals surface area contributed by atoms with E-state index in [0.29, 0.717) is 24.0 Å². The molecular weight excluding hydrogens is 401 g/mol. The highest BCUT2D eigenvalue weighted by atomic mass is 19.4. The van der Waals surface area contributed by atoms with Gasteiger partial charge in [-0.3, -0.25) is 4.79 Å². The normalized spacial score (nSPS) is 10.9. The molecular formula is C19H17F3N6O2. The van der Waals surface area contributed by atoms with Crippen LogP contribution < -0.4 is 20.7 Å². The summed E-state index contributed by atoms with van der Waals surface area (Å²) in [5.74, 6) is 0.679. The molecule has 0 saturated carbocycles. The van der Waals surface area contributed by atoms with E-state index in [1.54, 1.807) is 30.5 Å². The molecule has 0 unspecified atom stereocenters. The Balaban J connectivity index is 1.43. The van der Waals surface area contributed by atoms with Gasteiger partial charge in [0.2, 0.25) is 0 Å². The number of anilines is 3. The van der Waals surface area contributed by atoms with Crippen molar-refractivity contribution in [3.63, 3.8) is 0 Å². The van der Waals surface area contributed by atoms with Crippen LogP contribution in [0.2, 0.25) is 0 Å². The molecule has 0 fully saturated rings. The third-order valence-corrected chi connectivity index (χ3v) is 3.63. The molecule has 30 heavy (non-hydrogen) atoms. The van der Waals surface area contributed by atoms with Gasteiger partial charge in [0.05, 0.1) is 0 Å². The summed E-state index contributed by atoms with van der Waals surface area (Å²) in [4.78, 5) is 16.2. The molecule has 8 nitrogen and oxygen atoms in total. The number of hydrogen-bond acceptors (Lipinski definition) is 7. The van der Waals surface area contributed by atoms with E-state index < -0.39 is 18.0 Å². The van der Waals surface area contributed by atoms with E-state index in [1.165, 1.54) is 12.1 Å². The fraction of sp³-hybridized carbons (Fsp3) is 0.158. The molecule has 156 valence electrons. The maximum atomic E-state index is 12.3. The molecule has 2 heterocycles. The average Bonchev–Trinajstić information content (AvgIpc) is 2.72. The van der Waals surface area contributed by atoms with Crippen LogP contribution in [0.3, 0.4) is 0 Å². The van der Waals surface area contributed by atoms with Crippen molar-refractivity contribution in [2.24, 2.45) is 0 Å². The van der Waals surface area contributed by atoms with Gasteiger partial charge in [0, 0.05) is 24.8 Å². The Bertz CT molecular complexity index is 968. The topological polar surface area (TPSA) is 101 Å². The van der Waals surface area contributed by atoms with Crippen LogP contribution in [0.4, 0.5) is 30.6 Å². The van der Waals surface area contributed by atoms with Crippen LogP contribution in [0.1, 0.15) is 10.4 Å². The van der Waals surface area contributed by atoms with Gasteiger partial charge >= 0.3 is 6.36 Å². The number of halogens is 3.